The van der Waals surface area contributed by atoms with E-state index < -0.39 is 0 Å². The maximum absolute atomic E-state index is 5.53. The molecule has 0 bridgehead atoms. The van der Waals surface area contributed by atoms with Crippen molar-refractivity contribution in [2.24, 2.45) is 0 Å². The molecule has 6 heteroatoms. The highest BCUT2D eigenvalue weighted by atomic mass is 79.9. The monoisotopic (exact) mass is 346 g/mol. The third kappa shape index (κ3) is 2.82. The van der Waals surface area contributed by atoms with E-state index in [0.717, 1.165) is 14.7 Å². The molecule has 4 nitrogen and oxygen atoms in total. The predicted molar refractivity (Wildman–Crippen MR) is 65.2 cm³/mol. The number of aromatic nitrogens is 2. The molecule has 0 saturated carbocycles. The fraction of sp³-hybridized carbons (Fsp3) is 0.200. The van der Waals surface area contributed by atoms with Crippen LogP contribution in [0.15, 0.2) is 31.7 Å². The number of aryl methyl sites for hydroxylation is 1. The van der Waals surface area contributed by atoms with Gasteiger partial charge >= 0.3 is 0 Å². The molecule has 0 saturated heterocycles. The summed E-state index contributed by atoms with van der Waals surface area (Å²) in [7, 11) is 0. The molecule has 1 aromatic carbocycles. The van der Waals surface area contributed by atoms with E-state index >= 15 is 0 Å². The van der Waals surface area contributed by atoms with Crippen molar-refractivity contribution < 1.29 is 9.26 Å². The fourth-order valence-corrected chi connectivity index (χ4v) is 2.29. The number of benzene rings is 1. The maximum atomic E-state index is 5.53. The molecule has 2 aromatic rings. The fourth-order valence-electron chi connectivity index (χ4n) is 1.13. The molecule has 0 spiro atoms. The Balaban J connectivity index is 2.04. The van der Waals surface area contributed by atoms with Crippen LogP contribution in [0.2, 0.25) is 0 Å². The van der Waals surface area contributed by atoms with Gasteiger partial charge in [-0.1, -0.05) is 21.1 Å². The summed E-state index contributed by atoms with van der Waals surface area (Å²) in [6.45, 7) is 2.03. The topological polar surface area (TPSA) is 48.2 Å². The molecule has 0 aliphatic carbocycles. The van der Waals surface area contributed by atoms with E-state index in [1.54, 1.807) is 6.92 Å². The number of halogens is 2. The predicted octanol–water partition coefficient (Wildman–Crippen LogP) is 3.48. The van der Waals surface area contributed by atoms with E-state index in [1.165, 1.54) is 0 Å². The van der Waals surface area contributed by atoms with Crippen molar-refractivity contribution in [2.45, 2.75) is 13.5 Å². The highest BCUT2D eigenvalue weighted by Gasteiger charge is 2.06. The highest BCUT2D eigenvalue weighted by Crippen LogP contribution is 2.28. The van der Waals surface area contributed by atoms with Crippen molar-refractivity contribution in [3.8, 4) is 5.75 Å². The lowest BCUT2D eigenvalue weighted by atomic mass is 10.3. The standard InChI is InChI=1S/C10H8Br2N2O2/c1-6-13-10(16-14-6)5-15-9-3-2-7(11)4-8(9)12/h2-4H,5H2,1H3. The molecule has 0 aliphatic heterocycles. The van der Waals surface area contributed by atoms with Gasteiger partial charge in [0.25, 0.3) is 5.89 Å². The first-order chi connectivity index (χ1) is 7.65. The van der Waals surface area contributed by atoms with E-state index in [9.17, 15) is 0 Å². The first kappa shape index (κ1) is 11.6. The van der Waals surface area contributed by atoms with E-state index in [1.807, 2.05) is 18.2 Å². The van der Waals surface area contributed by atoms with Crippen LogP contribution in [-0.2, 0) is 6.61 Å². The molecule has 0 unspecified atom stereocenters. The van der Waals surface area contributed by atoms with Crippen molar-refractivity contribution in [1.29, 1.82) is 0 Å². The van der Waals surface area contributed by atoms with Gasteiger partial charge in [-0.05, 0) is 41.1 Å². The molecule has 0 amide bonds. The van der Waals surface area contributed by atoms with Crippen LogP contribution in [0.4, 0.5) is 0 Å². The van der Waals surface area contributed by atoms with Gasteiger partial charge in [-0.3, -0.25) is 0 Å². The third-order valence-electron chi connectivity index (χ3n) is 1.81. The lowest BCUT2D eigenvalue weighted by molar-refractivity contribution is 0.241. The van der Waals surface area contributed by atoms with Gasteiger partial charge in [-0.25, -0.2) is 0 Å². The first-order valence-corrected chi connectivity index (χ1v) is 6.11. The highest BCUT2D eigenvalue weighted by molar-refractivity contribution is 9.11. The van der Waals surface area contributed by atoms with Crippen LogP contribution >= 0.6 is 31.9 Å². The van der Waals surface area contributed by atoms with Gasteiger partial charge in [0.15, 0.2) is 12.4 Å². The van der Waals surface area contributed by atoms with Gasteiger partial charge in [-0.2, -0.15) is 4.98 Å². The Hall–Kier alpha value is -0.880. The summed E-state index contributed by atoms with van der Waals surface area (Å²) in [4.78, 5) is 4.05. The van der Waals surface area contributed by atoms with Crippen molar-refractivity contribution in [3.05, 3.63) is 38.9 Å². The molecule has 0 fully saturated rings. The Kier molecular flexibility index (Phi) is 3.60. The normalized spacial score (nSPS) is 10.4. The van der Waals surface area contributed by atoms with Crippen LogP contribution in [0, 0.1) is 6.92 Å². The second-order valence-corrected chi connectivity index (χ2v) is 4.87. The van der Waals surface area contributed by atoms with Gasteiger partial charge in [-0.15, -0.1) is 0 Å². The van der Waals surface area contributed by atoms with Gasteiger partial charge < -0.3 is 9.26 Å². The van der Waals surface area contributed by atoms with Gasteiger partial charge in [0, 0.05) is 4.47 Å². The minimum absolute atomic E-state index is 0.265. The van der Waals surface area contributed by atoms with Crippen molar-refractivity contribution in [2.75, 3.05) is 0 Å². The quantitative estimate of drug-likeness (QED) is 0.852. The van der Waals surface area contributed by atoms with E-state index in [-0.39, 0.29) is 6.61 Å². The Labute approximate surface area is 109 Å². The van der Waals surface area contributed by atoms with E-state index in [0.29, 0.717) is 11.7 Å². The van der Waals surface area contributed by atoms with Crippen LogP contribution in [0.5, 0.6) is 5.75 Å². The molecule has 84 valence electrons. The molecule has 1 aromatic heterocycles. The Morgan fingerprint density at radius 1 is 1.38 bits per heavy atom. The second kappa shape index (κ2) is 4.97. The average molecular weight is 348 g/mol. The minimum Gasteiger partial charge on any atom is -0.483 e. The minimum atomic E-state index is 0.265. The summed E-state index contributed by atoms with van der Waals surface area (Å²) < 4.78 is 12.3. The summed E-state index contributed by atoms with van der Waals surface area (Å²) in [6.07, 6.45) is 0. The largest absolute Gasteiger partial charge is 0.483 e. The van der Waals surface area contributed by atoms with Gasteiger partial charge in [0.2, 0.25) is 0 Å². The molecule has 2 rings (SSSR count). The Morgan fingerprint density at radius 3 is 2.81 bits per heavy atom. The summed E-state index contributed by atoms with van der Waals surface area (Å²) in [6, 6.07) is 5.67. The molecule has 0 aliphatic rings. The molecule has 1 heterocycles. The lowest BCUT2D eigenvalue weighted by Crippen LogP contribution is -1.96. The van der Waals surface area contributed by atoms with Crippen molar-refractivity contribution >= 4 is 31.9 Å². The number of hydrogen-bond donors (Lipinski definition) is 0. The Morgan fingerprint density at radius 2 is 2.19 bits per heavy atom. The zero-order valence-corrected chi connectivity index (χ0v) is 11.6. The number of rotatable bonds is 3. The molecule has 0 N–H and O–H groups in total. The van der Waals surface area contributed by atoms with Gasteiger partial charge in [0.1, 0.15) is 5.75 Å². The number of nitrogens with zero attached hydrogens (tertiary/aromatic N) is 2. The zero-order chi connectivity index (χ0) is 11.5. The summed E-state index contributed by atoms with van der Waals surface area (Å²) in [5.41, 5.74) is 0. The second-order valence-electron chi connectivity index (χ2n) is 3.10. The summed E-state index contributed by atoms with van der Waals surface area (Å²) in [5.74, 6) is 1.81. The number of hydrogen-bond acceptors (Lipinski definition) is 4. The van der Waals surface area contributed by atoms with Crippen molar-refractivity contribution in [3.63, 3.8) is 0 Å². The first-order valence-electron chi connectivity index (χ1n) is 4.52. The number of ether oxygens (including phenoxy) is 1. The Bertz CT molecular complexity index is 499. The lowest BCUT2D eigenvalue weighted by Gasteiger charge is -2.05. The molecule has 16 heavy (non-hydrogen) atoms. The smallest absolute Gasteiger partial charge is 0.264 e. The van der Waals surface area contributed by atoms with Gasteiger partial charge in [0.05, 0.1) is 4.47 Å². The van der Waals surface area contributed by atoms with Crippen molar-refractivity contribution in [1.82, 2.24) is 10.1 Å². The zero-order valence-electron chi connectivity index (χ0n) is 8.41. The van der Waals surface area contributed by atoms with E-state index in [4.69, 9.17) is 9.26 Å². The van der Waals surface area contributed by atoms with Crippen LogP contribution in [0.3, 0.4) is 0 Å². The van der Waals surface area contributed by atoms with Crippen LogP contribution < -0.4 is 4.74 Å². The van der Waals surface area contributed by atoms with E-state index in [2.05, 4.69) is 42.0 Å². The summed E-state index contributed by atoms with van der Waals surface area (Å²) >= 11 is 6.77. The molecular weight excluding hydrogens is 340 g/mol. The third-order valence-corrected chi connectivity index (χ3v) is 2.93. The molecular formula is C10H8Br2N2O2. The molecule has 0 atom stereocenters. The van der Waals surface area contributed by atoms with Crippen LogP contribution in [-0.4, -0.2) is 10.1 Å². The molecule has 0 radical (unpaired) electrons. The van der Waals surface area contributed by atoms with Crippen LogP contribution in [0.25, 0.3) is 0 Å². The maximum Gasteiger partial charge on any atom is 0.264 e. The van der Waals surface area contributed by atoms with Crippen LogP contribution in [0.1, 0.15) is 11.7 Å². The summed E-state index contributed by atoms with van der Waals surface area (Å²) in [5, 5.41) is 3.68. The SMILES string of the molecule is Cc1noc(COc2ccc(Br)cc2Br)n1. The average Bonchev–Trinajstić information content (AvgIpc) is 2.63.